The molecule has 0 spiro atoms. The molecule has 0 atom stereocenters. The van der Waals surface area contributed by atoms with Crippen LogP contribution in [-0.4, -0.2) is 32.0 Å². The molecule has 0 heterocycles. The molecule has 0 fully saturated rings. The van der Waals surface area contributed by atoms with Gasteiger partial charge in [-0.25, -0.2) is 8.42 Å². The third kappa shape index (κ3) is 5.46. The molecule has 152 valence electrons. The van der Waals surface area contributed by atoms with E-state index in [1.54, 1.807) is 13.0 Å². The van der Waals surface area contributed by atoms with Crippen LogP contribution >= 0.6 is 0 Å². The fourth-order valence-corrected chi connectivity index (χ4v) is 3.91. The van der Waals surface area contributed by atoms with Crippen LogP contribution < -0.4 is 10.1 Å². The zero-order valence-corrected chi connectivity index (χ0v) is 16.2. The number of hydrogen-bond acceptors (Lipinski definition) is 4. The maximum absolute atomic E-state index is 12.9. The summed E-state index contributed by atoms with van der Waals surface area (Å²) in [5, 5.41) is 2.50. The van der Waals surface area contributed by atoms with Gasteiger partial charge in [-0.3, -0.25) is 4.79 Å². The lowest BCUT2D eigenvalue weighted by atomic mass is 10.2. The molecule has 0 aliphatic carbocycles. The van der Waals surface area contributed by atoms with Crippen LogP contribution in [0.5, 0.6) is 5.75 Å². The smallest absolute Gasteiger partial charge is 0.405 e. The average Bonchev–Trinajstić information content (AvgIpc) is 2.56. The van der Waals surface area contributed by atoms with Gasteiger partial charge in [0, 0.05) is 31.8 Å². The highest BCUT2D eigenvalue weighted by Crippen LogP contribution is 2.29. The van der Waals surface area contributed by atoms with E-state index in [0.29, 0.717) is 11.3 Å². The molecule has 10 heteroatoms. The summed E-state index contributed by atoms with van der Waals surface area (Å²) >= 11 is 0. The molecule has 1 N–H and O–H groups in total. The molecule has 0 unspecified atom stereocenters. The number of amides is 1. The predicted octanol–water partition coefficient (Wildman–Crippen LogP) is 3.67. The molecule has 6 nitrogen and oxygen atoms in total. The van der Waals surface area contributed by atoms with Crippen LogP contribution in [0, 0.1) is 6.92 Å². The van der Waals surface area contributed by atoms with Crippen molar-refractivity contribution >= 4 is 21.6 Å². The summed E-state index contributed by atoms with van der Waals surface area (Å²) in [7, 11) is -2.79. The third-order valence-corrected chi connectivity index (χ3v) is 5.73. The number of nitrogens with one attached hydrogen (secondary N) is 1. The Kier molecular flexibility index (Phi) is 6.35. The zero-order valence-electron chi connectivity index (χ0n) is 15.4. The summed E-state index contributed by atoms with van der Waals surface area (Å²) in [4.78, 5) is 11.1. The van der Waals surface area contributed by atoms with Crippen molar-refractivity contribution in [1.82, 2.24) is 4.31 Å². The first kappa shape index (κ1) is 21.7. The molecular formula is C18H19F3N2O4S. The molecule has 0 bridgehead atoms. The van der Waals surface area contributed by atoms with Gasteiger partial charge in [0.25, 0.3) is 0 Å². The van der Waals surface area contributed by atoms with Gasteiger partial charge in [-0.05, 0) is 30.7 Å². The number of ether oxygens (including phenoxy) is 1. The molecule has 0 aromatic heterocycles. The van der Waals surface area contributed by atoms with Crippen LogP contribution in [0.25, 0.3) is 0 Å². The monoisotopic (exact) mass is 416 g/mol. The standard InChI is InChI=1S/C18H19F3N2O4S/c1-12-8-9-15(22-13(2)24)10-17(12)28(25,26)23(3)11-14-6-4-5-7-16(14)27-18(19,20)21/h4-10H,11H2,1-3H3,(H,22,24). The van der Waals surface area contributed by atoms with Gasteiger partial charge in [0.15, 0.2) is 0 Å². The Balaban J connectivity index is 2.35. The zero-order chi connectivity index (χ0) is 21.1. The van der Waals surface area contributed by atoms with Crippen molar-refractivity contribution in [3.63, 3.8) is 0 Å². The maximum atomic E-state index is 12.9. The van der Waals surface area contributed by atoms with Gasteiger partial charge < -0.3 is 10.1 Å². The van der Waals surface area contributed by atoms with Gasteiger partial charge in [-0.2, -0.15) is 4.31 Å². The van der Waals surface area contributed by atoms with Crippen molar-refractivity contribution in [2.45, 2.75) is 31.7 Å². The Morgan fingerprint density at radius 1 is 1.18 bits per heavy atom. The minimum Gasteiger partial charge on any atom is -0.405 e. The molecule has 0 aliphatic rings. The maximum Gasteiger partial charge on any atom is 0.573 e. The predicted molar refractivity (Wildman–Crippen MR) is 97.3 cm³/mol. The Morgan fingerprint density at radius 3 is 2.43 bits per heavy atom. The first-order chi connectivity index (χ1) is 12.9. The number of halogens is 3. The summed E-state index contributed by atoms with van der Waals surface area (Å²) in [6.45, 7) is 2.54. The fourth-order valence-electron chi connectivity index (χ4n) is 2.51. The topological polar surface area (TPSA) is 75.7 Å². The van der Waals surface area contributed by atoms with Crippen LogP contribution in [-0.2, 0) is 21.4 Å². The van der Waals surface area contributed by atoms with E-state index in [-0.39, 0.29) is 22.9 Å². The molecule has 28 heavy (non-hydrogen) atoms. The quantitative estimate of drug-likeness (QED) is 0.780. The Hall–Kier alpha value is -2.59. The van der Waals surface area contributed by atoms with Crippen molar-refractivity contribution in [3.8, 4) is 5.75 Å². The number of carbonyl (C=O) groups excluding carboxylic acids is 1. The molecule has 2 rings (SSSR count). The lowest BCUT2D eigenvalue weighted by Gasteiger charge is -2.21. The fraction of sp³-hybridized carbons (Fsp3) is 0.278. The number of alkyl halides is 3. The van der Waals surface area contributed by atoms with Gasteiger partial charge in [0.2, 0.25) is 15.9 Å². The van der Waals surface area contributed by atoms with Crippen molar-refractivity contribution in [2.75, 3.05) is 12.4 Å². The minimum absolute atomic E-state index is 0.0570. The molecule has 0 radical (unpaired) electrons. The lowest BCUT2D eigenvalue weighted by Crippen LogP contribution is -2.28. The summed E-state index contributed by atoms with van der Waals surface area (Å²) in [5.41, 5.74) is 0.785. The average molecular weight is 416 g/mol. The van der Waals surface area contributed by atoms with Gasteiger partial charge >= 0.3 is 6.36 Å². The van der Waals surface area contributed by atoms with Crippen molar-refractivity contribution < 1.29 is 31.1 Å². The second kappa shape index (κ2) is 8.19. The Labute approximate surface area is 161 Å². The van der Waals surface area contributed by atoms with E-state index < -0.39 is 22.1 Å². The summed E-state index contributed by atoms with van der Waals surface area (Å²) in [5.74, 6) is -0.834. The summed E-state index contributed by atoms with van der Waals surface area (Å²) in [6, 6.07) is 9.72. The van der Waals surface area contributed by atoms with Crippen molar-refractivity contribution in [1.29, 1.82) is 0 Å². The van der Waals surface area contributed by atoms with Crippen LogP contribution in [0.3, 0.4) is 0 Å². The van der Waals surface area contributed by atoms with E-state index in [9.17, 15) is 26.4 Å². The Bertz CT molecular complexity index is 975. The number of rotatable bonds is 6. The van der Waals surface area contributed by atoms with Crippen molar-refractivity contribution in [3.05, 3.63) is 53.6 Å². The van der Waals surface area contributed by atoms with E-state index >= 15 is 0 Å². The van der Waals surface area contributed by atoms with Crippen LogP contribution in [0.4, 0.5) is 18.9 Å². The number of sulfonamides is 1. The first-order valence-corrected chi connectivity index (χ1v) is 9.52. The van der Waals surface area contributed by atoms with Crippen molar-refractivity contribution in [2.24, 2.45) is 0 Å². The number of hydrogen-bond donors (Lipinski definition) is 1. The second-order valence-electron chi connectivity index (χ2n) is 6.08. The van der Waals surface area contributed by atoms with E-state index in [1.807, 2.05) is 0 Å². The first-order valence-electron chi connectivity index (χ1n) is 8.08. The van der Waals surface area contributed by atoms with Crippen LogP contribution in [0.2, 0.25) is 0 Å². The number of anilines is 1. The summed E-state index contributed by atoms with van der Waals surface area (Å²) in [6.07, 6.45) is -4.89. The van der Waals surface area contributed by atoms with E-state index in [0.717, 1.165) is 10.4 Å². The number of nitrogens with zero attached hydrogens (tertiary/aromatic N) is 1. The molecule has 0 saturated carbocycles. The van der Waals surface area contributed by atoms with E-state index in [4.69, 9.17) is 0 Å². The highest BCUT2D eigenvalue weighted by Gasteiger charge is 2.32. The molecule has 2 aromatic carbocycles. The van der Waals surface area contributed by atoms with E-state index in [2.05, 4.69) is 10.1 Å². The van der Waals surface area contributed by atoms with Gasteiger partial charge in [-0.1, -0.05) is 24.3 Å². The highest BCUT2D eigenvalue weighted by molar-refractivity contribution is 7.89. The SMILES string of the molecule is CC(=O)Nc1ccc(C)c(S(=O)(=O)N(C)Cc2ccccc2OC(F)(F)F)c1. The van der Waals surface area contributed by atoms with E-state index in [1.165, 1.54) is 44.3 Å². The molecule has 0 saturated heterocycles. The molecule has 2 aromatic rings. The summed E-state index contributed by atoms with van der Waals surface area (Å²) < 4.78 is 68.5. The lowest BCUT2D eigenvalue weighted by molar-refractivity contribution is -0.274. The molecular weight excluding hydrogens is 397 g/mol. The second-order valence-corrected chi connectivity index (χ2v) is 8.09. The largest absolute Gasteiger partial charge is 0.573 e. The third-order valence-electron chi connectivity index (χ3n) is 3.79. The highest BCUT2D eigenvalue weighted by atomic mass is 32.2. The minimum atomic E-state index is -4.89. The number of benzene rings is 2. The normalized spacial score (nSPS) is 12.1. The van der Waals surface area contributed by atoms with Crippen LogP contribution in [0.15, 0.2) is 47.4 Å². The number of aryl methyl sites for hydroxylation is 1. The number of para-hydroxylation sites is 1. The number of carbonyl (C=O) groups is 1. The van der Waals surface area contributed by atoms with Gasteiger partial charge in [-0.15, -0.1) is 13.2 Å². The van der Waals surface area contributed by atoms with Gasteiger partial charge in [0.1, 0.15) is 5.75 Å². The van der Waals surface area contributed by atoms with Gasteiger partial charge in [0.05, 0.1) is 4.90 Å². The Morgan fingerprint density at radius 2 is 1.82 bits per heavy atom. The molecule has 1 amide bonds. The molecule has 0 aliphatic heterocycles. The van der Waals surface area contributed by atoms with Crippen LogP contribution in [0.1, 0.15) is 18.1 Å².